The van der Waals surface area contributed by atoms with Crippen LogP contribution in [-0.4, -0.2) is 10.6 Å². The first-order valence-electron chi connectivity index (χ1n) is 10.5. The molecule has 0 bridgehead atoms. The molecule has 3 nitrogen and oxygen atoms in total. The molecule has 1 unspecified atom stereocenters. The van der Waals surface area contributed by atoms with Gasteiger partial charge in [-0.3, -0.25) is 0 Å². The first kappa shape index (κ1) is 23.7. The molecule has 0 amide bonds. The van der Waals surface area contributed by atoms with E-state index in [0.717, 1.165) is 39.3 Å². The minimum absolute atomic E-state index is 0. The Hall–Kier alpha value is -1.00. The van der Waals surface area contributed by atoms with E-state index >= 15 is 0 Å². The Bertz CT molecular complexity index is 1130. The van der Waals surface area contributed by atoms with Gasteiger partial charge in [0.15, 0.2) is 0 Å². The second-order valence-corrected chi connectivity index (χ2v) is 9.46. The van der Waals surface area contributed by atoms with Crippen molar-refractivity contribution >= 4 is 11.3 Å². The van der Waals surface area contributed by atoms with E-state index in [1.165, 1.54) is 39.0 Å². The maximum atomic E-state index is 11.2. The number of ether oxygens (including phenoxy) is 1. The minimum Gasteiger partial charge on any atom is -0.460 e. The van der Waals surface area contributed by atoms with Gasteiger partial charge in [0.2, 0.25) is 6.29 Å². The summed E-state index contributed by atoms with van der Waals surface area (Å²) in [6.07, 6.45) is -0.975. The number of hydrogen-bond acceptors (Lipinski definition) is 3. The molecule has 0 saturated heterocycles. The van der Waals surface area contributed by atoms with E-state index in [-0.39, 0.29) is 43.3 Å². The van der Waals surface area contributed by atoms with Gasteiger partial charge in [0.1, 0.15) is 5.75 Å². The first-order valence-corrected chi connectivity index (χ1v) is 10.5. The van der Waals surface area contributed by atoms with Crippen molar-refractivity contribution in [3.05, 3.63) is 50.1 Å². The van der Waals surface area contributed by atoms with Crippen LogP contribution in [0, 0.1) is 79.3 Å². The van der Waals surface area contributed by atoms with Crippen LogP contribution in [0.3, 0.4) is 0 Å². The van der Waals surface area contributed by atoms with Crippen LogP contribution in [0.25, 0.3) is 16.7 Å². The summed E-state index contributed by atoms with van der Waals surface area (Å²) >= 11 is 0. The molecule has 162 valence electrons. The summed E-state index contributed by atoms with van der Waals surface area (Å²) in [6.45, 7) is 21.7. The molecule has 0 radical (unpaired) electrons. The second-order valence-electron chi connectivity index (χ2n) is 9.46. The molecule has 0 spiro atoms. The summed E-state index contributed by atoms with van der Waals surface area (Å²) in [4.78, 5) is 0. The standard InChI is InChI=1S/C26H33NO2.Ar/c1-11-12(2)16(6)24-21(13(11)3)19-14(4)15(5)23-20(22(19)25(28)29-24)17(7)18(8)26(9,10)27-23;/h25,27-28H,1-10H3;. The molecular formula is C26H33ArNO2. The van der Waals surface area contributed by atoms with Crippen molar-refractivity contribution in [3.8, 4) is 16.9 Å². The van der Waals surface area contributed by atoms with Gasteiger partial charge in [-0.15, -0.1) is 0 Å². The smallest absolute Gasteiger partial charge is 0.225 e. The molecule has 0 aromatic heterocycles. The normalized spacial score (nSPS) is 18.6. The van der Waals surface area contributed by atoms with E-state index in [1.54, 1.807) is 0 Å². The third-order valence-corrected chi connectivity index (χ3v) is 7.77. The molecule has 1 atom stereocenters. The summed E-state index contributed by atoms with van der Waals surface area (Å²) in [5.74, 6) is 0.829. The fourth-order valence-corrected chi connectivity index (χ4v) is 5.10. The van der Waals surface area contributed by atoms with Crippen LogP contribution in [-0.2, 0) is 0 Å². The maximum Gasteiger partial charge on any atom is 0.225 e. The summed E-state index contributed by atoms with van der Waals surface area (Å²) in [7, 11) is 0. The van der Waals surface area contributed by atoms with Crippen LogP contribution in [0.2, 0.25) is 0 Å². The van der Waals surface area contributed by atoms with Crippen molar-refractivity contribution in [2.45, 2.75) is 81.1 Å². The molecule has 2 aromatic carbocycles. The zero-order valence-electron chi connectivity index (χ0n) is 19.8. The SMILES string of the molecule is CC1=C(C)C(C)(C)Nc2c(C)c(C)c3c(c21)C(O)Oc1c(C)c(C)c(C)c(C)c1-3.[Ar]. The predicted molar refractivity (Wildman–Crippen MR) is 122 cm³/mol. The summed E-state index contributed by atoms with van der Waals surface area (Å²) in [5, 5.41) is 15.0. The third-order valence-electron chi connectivity index (χ3n) is 7.77. The van der Waals surface area contributed by atoms with E-state index in [2.05, 4.69) is 74.6 Å². The zero-order valence-corrected chi connectivity index (χ0v) is 20.5. The number of anilines is 1. The van der Waals surface area contributed by atoms with Gasteiger partial charge < -0.3 is 15.2 Å². The van der Waals surface area contributed by atoms with Crippen molar-refractivity contribution in [1.29, 1.82) is 0 Å². The van der Waals surface area contributed by atoms with Gasteiger partial charge in [-0.2, -0.15) is 0 Å². The minimum atomic E-state index is -0.975. The van der Waals surface area contributed by atoms with Crippen molar-refractivity contribution < 1.29 is 47.6 Å². The van der Waals surface area contributed by atoms with Crippen LogP contribution in [0.1, 0.15) is 78.5 Å². The molecule has 0 fully saturated rings. The van der Waals surface area contributed by atoms with Gasteiger partial charge in [-0.05, 0) is 119 Å². The molecule has 0 aliphatic carbocycles. The van der Waals surface area contributed by atoms with E-state index in [4.69, 9.17) is 4.74 Å². The summed E-state index contributed by atoms with van der Waals surface area (Å²) in [5.41, 5.74) is 15.2. The van der Waals surface area contributed by atoms with Crippen molar-refractivity contribution in [3.63, 3.8) is 0 Å². The molecule has 0 saturated carbocycles. The largest absolute Gasteiger partial charge is 0.460 e. The van der Waals surface area contributed by atoms with Crippen LogP contribution in [0.4, 0.5) is 5.69 Å². The number of aliphatic hydroxyl groups is 1. The number of rotatable bonds is 0. The average Bonchev–Trinajstić information content (AvgIpc) is 2.66. The second kappa shape index (κ2) is 7.55. The van der Waals surface area contributed by atoms with Crippen molar-refractivity contribution in [2.75, 3.05) is 5.32 Å². The van der Waals surface area contributed by atoms with E-state index < -0.39 is 6.29 Å². The van der Waals surface area contributed by atoms with Crippen molar-refractivity contribution in [1.82, 2.24) is 0 Å². The monoisotopic (exact) mass is 431 g/mol. The Kier molecular flexibility index (Phi) is 5.95. The Labute approximate surface area is 210 Å². The fraction of sp³-hybridized carbons (Fsp3) is 0.462. The van der Waals surface area contributed by atoms with Gasteiger partial charge in [0, 0.05) is 60.1 Å². The van der Waals surface area contributed by atoms with Crippen LogP contribution >= 0.6 is 0 Å². The maximum absolute atomic E-state index is 11.2. The number of allylic oxidation sites excluding steroid dienone is 1. The Morgan fingerprint density at radius 1 is 0.733 bits per heavy atom. The van der Waals surface area contributed by atoms with Gasteiger partial charge in [-0.25, -0.2) is 0 Å². The van der Waals surface area contributed by atoms with Gasteiger partial charge >= 0.3 is 0 Å². The van der Waals surface area contributed by atoms with Crippen LogP contribution in [0.5, 0.6) is 5.75 Å². The number of benzene rings is 2. The first-order chi connectivity index (χ1) is 13.4. The topological polar surface area (TPSA) is 41.5 Å². The van der Waals surface area contributed by atoms with Crippen LogP contribution in [0.15, 0.2) is 5.57 Å². The molecular weight excluding hydrogens is 398 g/mol. The molecule has 30 heavy (non-hydrogen) atoms. The van der Waals surface area contributed by atoms with E-state index in [1.807, 2.05) is 0 Å². The Morgan fingerprint density at radius 3 is 1.87 bits per heavy atom. The molecule has 2 aliphatic heterocycles. The summed E-state index contributed by atoms with van der Waals surface area (Å²) < 4.78 is 6.21. The van der Waals surface area contributed by atoms with Gasteiger partial charge in [-0.1, -0.05) is 0 Å². The number of nitrogens with one attached hydrogen (secondary N) is 1. The van der Waals surface area contributed by atoms with Crippen molar-refractivity contribution in [2.24, 2.45) is 0 Å². The number of fused-ring (bicyclic) bond motifs is 5. The summed E-state index contributed by atoms with van der Waals surface area (Å²) in [6, 6.07) is 0. The third kappa shape index (κ3) is 3.00. The molecule has 4 rings (SSSR count). The van der Waals surface area contributed by atoms with Gasteiger partial charge in [0.05, 0.1) is 5.54 Å². The number of aliphatic hydroxyl groups excluding tert-OH is 1. The average molecular weight is 432 g/mol. The Balaban J connectivity index is 0.00000256. The molecule has 2 aliphatic rings. The number of hydrogen-bond donors (Lipinski definition) is 2. The fourth-order valence-electron chi connectivity index (χ4n) is 5.10. The Morgan fingerprint density at radius 2 is 1.27 bits per heavy atom. The molecule has 2 aromatic rings. The van der Waals surface area contributed by atoms with Gasteiger partial charge in [0.25, 0.3) is 0 Å². The van der Waals surface area contributed by atoms with Crippen LogP contribution < -0.4 is 10.1 Å². The van der Waals surface area contributed by atoms with E-state index in [0.29, 0.717) is 0 Å². The quantitative estimate of drug-likeness (QED) is 0.495. The zero-order chi connectivity index (χ0) is 21.6. The predicted octanol–water partition coefficient (Wildman–Crippen LogP) is 6.58. The molecule has 2 N–H and O–H groups in total. The molecule has 4 heteroatoms. The molecule has 2 heterocycles. The van der Waals surface area contributed by atoms with E-state index in [9.17, 15) is 5.11 Å².